The molecule has 0 aromatic carbocycles. The zero-order chi connectivity index (χ0) is 8.10. The summed E-state index contributed by atoms with van der Waals surface area (Å²) >= 11 is 4.10. The van der Waals surface area contributed by atoms with E-state index in [-0.39, 0.29) is 5.43 Å². The number of hydrogen-bond acceptors (Lipinski definition) is 2. The van der Waals surface area contributed by atoms with E-state index in [0.717, 1.165) is 18.7 Å². The number of nitrogens with zero attached hydrogens (tertiary/aromatic N) is 1. The van der Waals surface area contributed by atoms with Gasteiger partial charge in [0.25, 0.3) is 0 Å². The Bertz CT molecular complexity index is 249. The lowest BCUT2D eigenvalue weighted by atomic mass is 10.4. The van der Waals surface area contributed by atoms with E-state index in [1.54, 1.807) is 24.5 Å². The Labute approximate surface area is 71.3 Å². The third kappa shape index (κ3) is 2.80. The van der Waals surface area contributed by atoms with Crippen molar-refractivity contribution in [1.82, 2.24) is 4.57 Å². The summed E-state index contributed by atoms with van der Waals surface area (Å²) in [5.41, 5.74) is 0.0622. The van der Waals surface area contributed by atoms with Crippen LogP contribution in [0.15, 0.2) is 29.3 Å². The van der Waals surface area contributed by atoms with Crippen molar-refractivity contribution in [2.24, 2.45) is 0 Å². The Morgan fingerprint density at radius 2 is 2.00 bits per heavy atom. The Hall–Kier alpha value is -0.700. The van der Waals surface area contributed by atoms with Crippen molar-refractivity contribution in [2.75, 3.05) is 5.75 Å². The van der Waals surface area contributed by atoms with Crippen LogP contribution in [-0.4, -0.2) is 10.3 Å². The number of pyridine rings is 1. The topological polar surface area (TPSA) is 22.0 Å². The van der Waals surface area contributed by atoms with Crippen LogP contribution < -0.4 is 5.43 Å². The van der Waals surface area contributed by atoms with Crippen LogP contribution >= 0.6 is 12.6 Å². The summed E-state index contributed by atoms with van der Waals surface area (Å²) in [5, 5.41) is 0. The smallest absolute Gasteiger partial charge is 0.181 e. The number of rotatable bonds is 3. The molecule has 0 bridgehead atoms. The first-order chi connectivity index (χ1) is 5.33. The summed E-state index contributed by atoms with van der Waals surface area (Å²) in [5.74, 6) is 0.881. The molecule has 0 radical (unpaired) electrons. The molecule has 0 unspecified atom stereocenters. The molecule has 0 aliphatic carbocycles. The summed E-state index contributed by atoms with van der Waals surface area (Å²) in [4.78, 5) is 10.7. The molecule has 0 atom stereocenters. The van der Waals surface area contributed by atoms with Crippen molar-refractivity contribution >= 4 is 12.6 Å². The van der Waals surface area contributed by atoms with E-state index >= 15 is 0 Å². The van der Waals surface area contributed by atoms with Crippen LogP contribution in [0, 0.1) is 0 Å². The largest absolute Gasteiger partial charge is 0.354 e. The number of hydrogen-bond donors (Lipinski definition) is 1. The second-order valence-electron chi connectivity index (χ2n) is 2.35. The maximum Gasteiger partial charge on any atom is 0.181 e. The van der Waals surface area contributed by atoms with Crippen LogP contribution in [0.25, 0.3) is 0 Å². The lowest BCUT2D eigenvalue weighted by molar-refractivity contribution is 0.679. The molecule has 60 valence electrons. The number of aryl methyl sites for hydroxylation is 1. The average molecular weight is 169 g/mol. The molecular formula is C8H11NOS. The third-order valence-electron chi connectivity index (χ3n) is 1.43. The van der Waals surface area contributed by atoms with Gasteiger partial charge in [-0.15, -0.1) is 0 Å². The van der Waals surface area contributed by atoms with Crippen LogP contribution in [0.5, 0.6) is 0 Å². The highest BCUT2D eigenvalue weighted by Gasteiger charge is 1.86. The normalized spacial score (nSPS) is 9.91. The first-order valence-electron chi connectivity index (χ1n) is 3.60. The lowest BCUT2D eigenvalue weighted by Gasteiger charge is -2.02. The fourth-order valence-electron chi connectivity index (χ4n) is 0.846. The standard InChI is InChI=1S/C8H11NOS/c10-8-2-5-9(6-3-8)4-1-7-11/h2-3,5-6,11H,1,4,7H2. The molecule has 11 heavy (non-hydrogen) atoms. The molecule has 0 saturated heterocycles. The SMILES string of the molecule is O=c1ccn(CCCS)cc1. The summed E-state index contributed by atoms with van der Waals surface area (Å²) in [6.07, 6.45) is 4.63. The summed E-state index contributed by atoms with van der Waals surface area (Å²) in [6, 6.07) is 3.14. The van der Waals surface area contributed by atoms with Gasteiger partial charge >= 0.3 is 0 Å². The zero-order valence-corrected chi connectivity index (χ0v) is 7.13. The molecule has 0 N–H and O–H groups in total. The summed E-state index contributed by atoms with van der Waals surface area (Å²) in [6.45, 7) is 0.934. The van der Waals surface area contributed by atoms with Crippen LogP contribution in [0.3, 0.4) is 0 Å². The number of thiol groups is 1. The monoisotopic (exact) mass is 169 g/mol. The van der Waals surface area contributed by atoms with Gasteiger partial charge in [0.05, 0.1) is 0 Å². The molecule has 0 amide bonds. The van der Waals surface area contributed by atoms with Crippen molar-refractivity contribution in [3.8, 4) is 0 Å². The first kappa shape index (κ1) is 8.40. The molecule has 1 rings (SSSR count). The highest BCUT2D eigenvalue weighted by molar-refractivity contribution is 7.80. The van der Waals surface area contributed by atoms with Gasteiger partial charge in [0.2, 0.25) is 0 Å². The van der Waals surface area contributed by atoms with Crippen LogP contribution in [0.2, 0.25) is 0 Å². The maximum atomic E-state index is 10.7. The molecule has 0 saturated carbocycles. The molecule has 1 aromatic heterocycles. The van der Waals surface area contributed by atoms with Crippen LogP contribution in [-0.2, 0) is 6.54 Å². The maximum absolute atomic E-state index is 10.7. The molecule has 0 spiro atoms. The molecule has 2 nitrogen and oxygen atoms in total. The van der Waals surface area contributed by atoms with Gasteiger partial charge < -0.3 is 4.57 Å². The minimum absolute atomic E-state index is 0.0622. The Kier molecular flexibility index (Phi) is 3.23. The summed E-state index contributed by atoms with van der Waals surface area (Å²) < 4.78 is 1.98. The predicted molar refractivity (Wildman–Crippen MR) is 49.2 cm³/mol. The van der Waals surface area contributed by atoms with E-state index < -0.39 is 0 Å². The number of aromatic nitrogens is 1. The second kappa shape index (κ2) is 4.23. The van der Waals surface area contributed by atoms with E-state index in [2.05, 4.69) is 12.6 Å². The third-order valence-corrected chi connectivity index (χ3v) is 1.75. The van der Waals surface area contributed by atoms with E-state index in [1.807, 2.05) is 4.57 Å². The van der Waals surface area contributed by atoms with Crippen molar-refractivity contribution in [2.45, 2.75) is 13.0 Å². The first-order valence-corrected chi connectivity index (χ1v) is 4.23. The fraction of sp³-hybridized carbons (Fsp3) is 0.375. The molecule has 0 aliphatic rings. The summed E-state index contributed by atoms with van der Waals surface area (Å²) in [7, 11) is 0. The molecular weight excluding hydrogens is 158 g/mol. The zero-order valence-electron chi connectivity index (χ0n) is 6.23. The van der Waals surface area contributed by atoms with E-state index in [1.165, 1.54) is 0 Å². The van der Waals surface area contributed by atoms with Gasteiger partial charge in [0, 0.05) is 31.1 Å². The molecule has 1 heterocycles. The Balaban J connectivity index is 2.59. The fourth-order valence-corrected chi connectivity index (χ4v) is 0.987. The van der Waals surface area contributed by atoms with Gasteiger partial charge in [-0.2, -0.15) is 12.6 Å². The van der Waals surface area contributed by atoms with Crippen LogP contribution in [0.4, 0.5) is 0 Å². The van der Waals surface area contributed by atoms with Gasteiger partial charge in [-0.25, -0.2) is 0 Å². The van der Waals surface area contributed by atoms with Gasteiger partial charge in [-0.3, -0.25) is 4.79 Å². The van der Waals surface area contributed by atoms with E-state index in [9.17, 15) is 4.79 Å². The molecule has 1 aromatic rings. The van der Waals surface area contributed by atoms with Crippen molar-refractivity contribution < 1.29 is 0 Å². The van der Waals surface area contributed by atoms with E-state index in [4.69, 9.17) is 0 Å². The molecule has 0 fully saturated rings. The van der Waals surface area contributed by atoms with Crippen LogP contribution in [0.1, 0.15) is 6.42 Å². The van der Waals surface area contributed by atoms with Gasteiger partial charge in [-0.05, 0) is 12.2 Å². The van der Waals surface area contributed by atoms with Gasteiger partial charge in [0.15, 0.2) is 5.43 Å². The minimum atomic E-state index is 0.0622. The Morgan fingerprint density at radius 1 is 1.36 bits per heavy atom. The van der Waals surface area contributed by atoms with Gasteiger partial charge in [0.1, 0.15) is 0 Å². The average Bonchev–Trinajstić information content (AvgIpc) is 2.04. The molecule has 0 aliphatic heterocycles. The van der Waals surface area contributed by atoms with Gasteiger partial charge in [-0.1, -0.05) is 0 Å². The molecule has 3 heteroatoms. The lowest BCUT2D eigenvalue weighted by Crippen LogP contribution is -2.03. The second-order valence-corrected chi connectivity index (χ2v) is 2.80. The van der Waals surface area contributed by atoms with Crippen molar-refractivity contribution in [3.63, 3.8) is 0 Å². The van der Waals surface area contributed by atoms with E-state index in [0.29, 0.717) is 0 Å². The quantitative estimate of drug-likeness (QED) is 0.674. The Morgan fingerprint density at radius 3 is 2.55 bits per heavy atom. The highest BCUT2D eigenvalue weighted by atomic mass is 32.1. The van der Waals surface area contributed by atoms with Crippen molar-refractivity contribution in [1.29, 1.82) is 0 Å². The minimum Gasteiger partial charge on any atom is -0.354 e. The highest BCUT2D eigenvalue weighted by Crippen LogP contribution is 1.90. The predicted octanol–water partition coefficient (Wildman–Crippen LogP) is 1.17. The van der Waals surface area contributed by atoms with Crippen molar-refractivity contribution in [3.05, 3.63) is 34.7 Å².